The van der Waals surface area contributed by atoms with Crippen LogP contribution in [-0.2, 0) is 13.1 Å². The number of aromatic nitrogens is 1. The zero-order chi connectivity index (χ0) is 25.7. The minimum atomic E-state index is -0.523. The molecule has 36 heavy (non-hydrogen) atoms. The third kappa shape index (κ3) is 6.10. The van der Waals surface area contributed by atoms with Crippen LogP contribution in [0.25, 0.3) is 0 Å². The lowest BCUT2D eigenvalue weighted by atomic mass is 10.1. The Bertz CT molecular complexity index is 1280. The Morgan fingerprint density at radius 1 is 0.889 bits per heavy atom. The fourth-order valence-corrected chi connectivity index (χ4v) is 4.43. The van der Waals surface area contributed by atoms with Gasteiger partial charge in [0, 0.05) is 57.7 Å². The van der Waals surface area contributed by atoms with Gasteiger partial charge in [0.25, 0.3) is 11.8 Å². The van der Waals surface area contributed by atoms with Crippen LogP contribution in [0.15, 0.2) is 71.8 Å². The molecule has 0 bridgehead atoms. The van der Waals surface area contributed by atoms with Gasteiger partial charge in [0.05, 0.1) is 0 Å². The number of amides is 2. The minimum Gasteiger partial charge on any atom is -0.350 e. The second-order valence-corrected chi connectivity index (χ2v) is 9.68. The van der Waals surface area contributed by atoms with Crippen molar-refractivity contribution in [1.82, 2.24) is 19.7 Å². The molecule has 4 rings (SSSR count). The van der Waals surface area contributed by atoms with E-state index in [2.05, 4.69) is 41.4 Å². The summed E-state index contributed by atoms with van der Waals surface area (Å²) in [4.78, 5) is 43.7. The molecule has 1 N–H and O–H groups in total. The molecule has 7 heteroatoms. The fourth-order valence-electron chi connectivity index (χ4n) is 4.43. The van der Waals surface area contributed by atoms with E-state index in [1.165, 1.54) is 11.1 Å². The molecule has 1 aliphatic heterocycles. The van der Waals surface area contributed by atoms with Crippen molar-refractivity contribution < 1.29 is 9.59 Å². The molecule has 1 aliphatic rings. The van der Waals surface area contributed by atoms with E-state index >= 15 is 0 Å². The lowest BCUT2D eigenvalue weighted by molar-refractivity contribution is 0.0626. The molecule has 1 saturated heterocycles. The van der Waals surface area contributed by atoms with E-state index in [1.54, 1.807) is 21.9 Å². The number of hydrogen-bond acceptors (Lipinski definition) is 4. The molecule has 1 fully saturated rings. The number of piperazine rings is 1. The Hall–Kier alpha value is -3.71. The van der Waals surface area contributed by atoms with Gasteiger partial charge in [-0.1, -0.05) is 60.2 Å². The average Bonchev–Trinajstić information content (AvgIpc) is 2.88. The van der Waals surface area contributed by atoms with E-state index in [-0.39, 0.29) is 23.1 Å². The number of nitrogens with one attached hydrogen (secondary N) is 1. The first-order chi connectivity index (χ1) is 17.3. The van der Waals surface area contributed by atoms with Gasteiger partial charge in [0.1, 0.15) is 11.1 Å². The summed E-state index contributed by atoms with van der Waals surface area (Å²) in [5.74, 6) is -0.793. The number of rotatable bonds is 7. The van der Waals surface area contributed by atoms with Crippen LogP contribution in [0.4, 0.5) is 0 Å². The lowest BCUT2D eigenvalue weighted by Gasteiger charge is -2.35. The van der Waals surface area contributed by atoms with Crippen LogP contribution in [0.1, 0.15) is 57.3 Å². The van der Waals surface area contributed by atoms with E-state index < -0.39 is 11.3 Å². The number of carbonyl (C=O) groups is 2. The van der Waals surface area contributed by atoms with Gasteiger partial charge in [-0.25, -0.2) is 0 Å². The van der Waals surface area contributed by atoms with Crippen LogP contribution in [0.2, 0.25) is 0 Å². The van der Waals surface area contributed by atoms with Crippen LogP contribution in [0.5, 0.6) is 0 Å². The third-order valence-corrected chi connectivity index (χ3v) is 6.56. The molecule has 0 aliphatic carbocycles. The summed E-state index contributed by atoms with van der Waals surface area (Å²) < 4.78 is 1.76. The Kier molecular flexibility index (Phi) is 8.00. The Morgan fingerprint density at radius 2 is 1.56 bits per heavy atom. The first kappa shape index (κ1) is 25.4. The van der Waals surface area contributed by atoms with Crippen molar-refractivity contribution in [2.45, 2.75) is 39.9 Å². The van der Waals surface area contributed by atoms with Crippen molar-refractivity contribution in [1.29, 1.82) is 0 Å². The summed E-state index contributed by atoms with van der Waals surface area (Å²) >= 11 is 0. The zero-order valence-electron chi connectivity index (χ0n) is 21.2. The highest BCUT2D eigenvalue weighted by molar-refractivity contribution is 5.99. The maximum absolute atomic E-state index is 13.4. The quantitative estimate of drug-likeness (QED) is 0.554. The fraction of sp³-hybridized carbons (Fsp3) is 0.345. The van der Waals surface area contributed by atoms with Gasteiger partial charge in [-0.2, -0.15) is 0 Å². The van der Waals surface area contributed by atoms with Crippen LogP contribution in [0.3, 0.4) is 0 Å². The van der Waals surface area contributed by atoms with Gasteiger partial charge in [-0.05, 0) is 31.9 Å². The highest BCUT2D eigenvalue weighted by Crippen LogP contribution is 2.14. The molecule has 7 nitrogen and oxygen atoms in total. The van der Waals surface area contributed by atoms with E-state index in [0.717, 1.165) is 25.2 Å². The third-order valence-electron chi connectivity index (χ3n) is 6.56. The van der Waals surface area contributed by atoms with Crippen LogP contribution < -0.4 is 10.7 Å². The molecular formula is C29H34N4O3. The molecule has 1 aromatic heterocycles. The second kappa shape index (κ2) is 11.4. The van der Waals surface area contributed by atoms with Gasteiger partial charge in [-0.15, -0.1) is 0 Å². The maximum atomic E-state index is 13.4. The molecule has 3 aromatic rings. The van der Waals surface area contributed by atoms with Gasteiger partial charge in [-0.3, -0.25) is 19.3 Å². The first-order valence-electron chi connectivity index (χ1n) is 12.5. The van der Waals surface area contributed by atoms with E-state index in [1.807, 2.05) is 44.2 Å². The Labute approximate surface area is 212 Å². The predicted molar refractivity (Wildman–Crippen MR) is 141 cm³/mol. The number of nitrogens with zero attached hydrogens (tertiary/aromatic N) is 3. The Morgan fingerprint density at radius 3 is 2.22 bits per heavy atom. The van der Waals surface area contributed by atoms with Crippen molar-refractivity contribution in [3.05, 3.63) is 105 Å². The summed E-state index contributed by atoms with van der Waals surface area (Å²) in [6.07, 6.45) is 3.13. The van der Waals surface area contributed by atoms with Crippen molar-refractivity contribution in [3.63, 3.8) is 0 Å². The van der Waals surface area contributed by atoms with Crippen molar-refractivity contribution in [3.8, 4) is 0 Å². The van der Waals surface area contributed by atoms with Crippen molar-refractivity contribution in [2.24, 2.45) is 0 Å². The summed E-state index contributed by atoms with van der Waals surface area (Å²) in [5.41, 5.74) is 2.93. The van der Waals surface area contributed by atoms with Gasteiger partial charge < -0.3 is 14.8 Å². The van der Waals surface area contributed by atoms with Gasteiger partial charge in [0.2, 0.25) is 5.43 Å². The van der Waals surface area contributed by atoms with Crippen LogP contribution in [0, 0.1) is 6.92 Å². The molecule has 2 heterocycles. The molecule has 2 amide bonds. The lowest BCUT2D eigenvalue weighted by Crippen LogP contribution is -2.49. The first-order valence-corrected chi connectivity index (χ1v) is 12.5. The van der Waals surface area contributed by atoms with E-state index in [0.29, 0.717) is 19.6 Å². The van der Waals surface area contributed by atoms with Crippen LogP contribution in [-0.4, -0.2) is 52.4 Å². The maximum Gasteiger partial charge on any atom is 0.259 e. The molecule has 0 unspecified atom stereocenters. The molecule has 2 aromatic carbocycles. The average molecular weight is 487 g/mol. The highest BCUT2D eigenvalue weighted by Gasteiger charge is 2.26. The molecule has 188 valence electrons. The zero-order valence-corrected chi connectivity index (χ0v) is 21.2. The highest BCUT2D eigenvalue weighted by atomic mass is 16.2. The SMILES string of the molecule is Cc1cccc(CN2CCN(C(=O)c3cn(C(C)C)cc(C(=O)NCc4ccccc4)c3=O)CC2)c1. The monoisotopic (exact) mass is 486 g/mol. The van der Waals surface area contributed by atoms with Gasteiger partial charge in [0.15, 0.2) is 0 Å². The summed E-state index contributed by atoms with van der Waals surface area (Å²) in [6.45, 7) is 9.67. The van der Waals surface area contributed by atoms with E-state index in [4.69, 9.17) is 0 Å². The smallest absolute Gasteiger partial charge is 0.259 e. The van der Waals surface area contributed by atoms with Crippen LogP contribution >= 0.6 is 0 Å². The topological polar surface area (TPSA) is 74.7 Å². The number of carbonyl (C=O) groups excluding carboxylic acids is 2. The standard InChI is InChI=1S/C29H34N4O3/c1-21(2)33-19-25(28(35)30-17-23-9-5-4-6-10-23)27(34)26(20-33)29(36)32-14-12-31(13-15-32)18-24-11-7-8-22(3)16-24/h4-11,16,19-21H,12-15,17-18H2,1-3H3,(H,30,35). The molecular weight excluding hydrogens is 452 g/mol. The number of hydrogen-bond donors (Lipinski definition) is 1. The minimum absolute atomic E-state index is 0.0102. The largest absolute Gasteiger partial charge is 0.350 e. The van der Waals surface area contributed by atoms with Gasteiger partial charge >= 0.3 is 0 Å². The predicted octanol–water partition coefficient (Wildman–Crippen LogP) is 3.63. The van der Waals surface area contributed by atoms with Crippen molar-refractivity contribution in [2.75, 3.05) is 26.2 Å². The second-order valence-electron chi connectivity index (χ2n) is 9.68. The summed E-state index contributed by atoms with van der Waals surface area (Å²) in [6, 6.07) is 17.9. The summed E-state index contributed by atoms with van der Waals surface area (Å²) in [5, 5.41) is 2.82. The normalized spacial score (nSPS) is 14.2. The summed E-state index contributed by atoms with van der Waals surface area (Å²) in [7, 11) is 0. The molecule has 0 spiro atoms. The molecule has 0 radical (unpaired) electrons. The Balaban J connectivity index is 1.47. The number of aryl methyl sites for hydroxylation is 1. The van der Waals surface area contributed by atoms with Crippen molar-refractivity contribution >= 4 is 11.8 Å². The number of pyridine rings is 1. The molecule has 0 saturated carbocycles. The molecule has 0 atom stereocenters. The van der Waals surface area contributed by atoms with E-state index in [9.17, 15) is 14.4 Å². The number of benzene rings is 2.